The number of rotatable bonds is 20. The highest BCUT2D eigenvalue weighted by Gasteiger charge is 2.14. The van der Waals surface area contributed by atoms with E-state index in [2.05, 4.69) is 62.4 Å². The van der Waals surface area contributed by atoms with Crippen molar-refractivity contribution in [2.75, 3.05) is 0 Å². The first-order valence-electron chi connectivity index (χ1n) is 14.7. The highest BCUT2D eigenvalue weighted by molar-refractivity contribution is 7.81. The lowest BCUT2D eigenvalue weighted by molar-refractivity contribution is 0.589. The minimum Gasteiger partial charge on any atom is -0.171 e. The molecule has 0 saturated carbocycles. The Morgan fingerprint density at radius 2 is 0.771 bits per heavy atom. The van der Waals surface area contributed by atoms with Crippen LogP contribution in [0.2, 0.25) is 0 Å². The van der Waals surface area contributed by atoms with Crippen molar-refractivity contribution in [1.82, 2.24) is 0 Å². The minimum atomic E-state index is 0.220. The van der Waals surface area contributed by atoms with Gasteiger partial charge in [-0.25, -0.2) is 0 Å². The minimum absolute atomic E-state index is 0.220. The fourth-order valence-corrected chi connectivity index (χ4v) is 5.80. The smallest absolute Gasteiger partial charge is 0.0280 e. The first kappa shape index (κ1) is 30.4. The molecule has 0 saturated heterocycles. The summed E-state index contributed by atoms with van der Waals surface area (Å²) >= 11 is 9.86. The normalized spacial score (nSPS) is 13.1. The molecule has 2 heteroatoms. The standard InChI is InChI=1S/C33H52S2/c1-3-5-7-9-11-13-15-17-28-19-23-30(24-20-28)32(34)27-33(35)31-25-21-29(22-26-31)18-16-14-12-10-8-6-4-2/h19-26,32-35H,3-18,27H2,1-2H3. The van der Waals surface area contributed by atoms with Crippen molar-refractivity contribution < 1.29 is 0 Å². The van der Waals surface area contributed by atoms with E-state index in [1.807, 2.05) is 0 Å². The topological polar surface area (TPSA) is 0 Å². The maximum atomic E-state index is 4.93. The van der Waals surface area contributed by atoms with Gasteiger partial charge in [0.15, 0.2) is 0 Å². The Hall–Kier alpha value is -0.860. The van der Waals surface area contributed by atoms with Crippen LogP contribution in [-0.2, 0) is 12.8 Å². The molecule has 2 rings (SSSR count). The molecule has 0 bridgehead atoms. The van der Waals surface area contributed by atoms with Crippen LogP contribution in [0.5, 0.6) is 0 Å². The fourth-order valence-electron chi connectivity index (χ4n) is 4.87. The van der Waals surface area contributed by atoms with Crippen molar-refractivity contribution in [2.24, 2.45) is 0 Å². The molecule has 2 atom stereocenters. The highest BCUT2D eigenvalue weighted by Crippen LogP contribution is 2.35. The largest absolute Gasteiger partial charge is 0.171 e. The lowest BCUT2D eigenvalue weighted by atomic mass is 9.98. The molecule has 0 heterocycles. The number of benzene rings is 2. The molecule has 0 fully saturated rings. The SMILES string of the molecule is CCCCCCCCCc1ccc(C(S)CC(S)c2ccc(CCCCCCCCC)cc2)cc1. The lowest BCUT2D eigenvalue weighted by Crippen LogP contribution is -1.99. The second kappa shape index (κ2) is 19.3. The van der Waals surface area contributed by atoms with Crippen LogP contribution in [0.15, 0.2) is 48.5 Å². The van der Waals surface area contributed by atoms with Crippen molar-refractivity contribution in [3.05, 3.63) is 70.8 Å². The molecule has 0 aliphatic heterocycles. The third kappa shape index (κ3) is 13.3. The molecule has 0 aliphatic carbocycles. The number of thiol groups is 2. The molecule has 0 spiro atoms. The average Bonchev–Trinajstić information content (AvgIpc) is 2.88. The molecule has 0 aromatic heterocycles. The quantitative estimate of drug-likeness (QED) is 0.128. The van der Waals surface area contributed by atoms with Crippen LogP contribution >= 0.6 is 25.3 Å². The van der Waals surface area contributed by atoms with Crippen LogP contribution in [0.1, 0.15) is 143 Å². The summed E-state index contributed by atoms with van der Waals surface area (Å²) in [4.78, 5) is 0. The van der Waals surface area contributed by atoms with Crippen LogP contribution in [0.25, 0.3) is 0 Å². The molecule has 2 aromatic carbocycles. The van der Waals surface area contributed by atoms with Gasteiger partial charge in [0.1, 0.15) is 0 Å². The van der Waals surface area contributed by atoms with E-state index in [1.54, 1.807) is 0 Å². The Balaban J connectivity index is 1.67. The summed E-state index contributed by atoms with van der Waals surface area (Å²) in [6.07, 6.45) is 22.5. The van der Waals surface area contributed by atoms with E-state index in [-0.39, 0.29) is 10.5 Å². The maximum absolute atomic E-state index is 4.93. The van der Waals surface area contributed by atoms with Gasteiger partial charge in [-0.3, -0.25) is 0 Å². The van der Waals surface area contributed by atoms with Crippen LogP contribution in [0, 0.1) is 0 Å². The summed E-state index contributed by atoms with van der Waals surface area (Å²) in [7, 11) is 0. The second-order valence-corrected chi connectivity index (χ2v) is 11.7. The number of hydrogen-bond donors (Lipinski definition) is 2. The third-order valence-corrected chi connectivity index (χ3v) is 8.33. The van der Waals surface area contributed by atoms with Crippen molar-refractivity contribution in [1.29, 1.82) is 0 Å². The number of hydrogen-bond acceptors (Lipinski definition) is 2. The molecule has 0 aliphatic rings. The Labute approximate surface area is 228 Å². The van der Waals surface area contributed by atoms with E-state index in [1.165, 1.54) is 125 Å². The predicted octanol–water partition coefficient (Wildman–Crippen LogP) is 11.3. The first-order valence-corrected chi connectivity index (χ1v) is 15.7. The van der Waals surface area contributed by atoms with E-state index in [9.17, 15) is 0 Å². The van der Waals surface area contributed by atoms with Gasteiger partial charge in [0, 0.05) is 10.5 Å². The number of unbranched alkanes of at least 4 members (excludes halogenated alkanes) is 12. The van der Waals surface area contributed by atoms with Gasteiger partial charge in [0.2, 0.25) is 0 Å². The zero-order valence-corrected chi connectivity index (χ0v) is 24.5. The average molecular weight is 513 g/mol. The Kier molecular flexibility index (Phi) is 16.7. The van der Waals surface area contributed by atoms with Gasteiger partial charge in [-0.2, -0.15) is 25.3 Å². The molecule has 0 N–H and O–H groups in total. The molecule has 2 aromatic rings. The lowest BCUT2D eigenvalue weighted by Gasteiger charge is -2.18. The van der Waals surface area contributed by atoms with Crippen molar-refractivity contribution in [3.8, 4) is 0 Å². The summed E-state index contributed by atoms with van der Waals surface area (Å²) < 4.78 is 0. The monoisotopic (exact) mass is 512 g/mol. The Bertz CT molecular complexity index is 684. The van der Waals surface area contributed by atoms with Crippen LogP contribution in [0.4, 0.5) is 0 Å². The van der Waals surface area contributed by atoms with Gasteiger partial charge in [-0.15, -0.1) is 0 Å². The van der Waals surface area contributed by atoms with Gasteiger partial charge < -0.3 is 0 Å². The molecule has 2 unspecified atom stereocenters. The predicted molar refractivity (Wildman–Crippen MR) is 164 cm³/mol. The summed E-state index contributed by atoms with van der Waals surface area (Å²) in [6.45, 7) is 4.57. The molecule has 0 amide bonds. The summed E-state index contributed by atoms with van der Waals surface area (Å²) in [5, 5.41) is 0.440. The molecule has 35 heavy (non-hydrogen) atoms. The van der Waals surface area contributed by atoms with E-state index in [0.717, 1.165) is 6.42 Å². The highest BCUT2D eigenvalue weighted by atomic mass is 32.1. The zero-order chi connectivity index (χ0) is 25.1. The van der Waals surface area contributed by atoms with E-state index in [0.29, 0.717) is 0 Å². The van der Waals surface area contributed by atoms with Gasteiger partial charge in [-0.05, 0) is 54.4 Å². The van der Waals surface area contributed by atoms with Crippen LogP contribution < -0.4 is 0 Å². The van der Waals surface area contributed by atoms with Gasteiger partial charge in [-0.1, -0.05) is 139 Å². The molecule has 0 nitrogen and oxygen atoms in total. The molecule has 0 radical (unpaired) electrons. The fraction of sp³-hybridized carbons (Fsp3) is 0.636. The van der Waals surface area contributed by atoms with Gasteiger partial charge in [0.25, 0.3) is 0 Å². The van der Waals surface area contributed by atoms with E-state index in [4.69, 9.17) is 25.3 Å². The third-order valence-electron chi connectivity index (χ3n) is 7.31. The van der Waals surface area contributed by atoms with E-state index >= 15 is 0 Å². The summed E-state index contributed by atoms with van der Waals surface area (Å²) in [5.41, 5.74) is 5.54. The summed E-state index contributed by atoms with van der Waals surface area (Å²) in [5.74, 6) is 0. The van der Waals surface area contributed by atoms with Crippen LogP contribution in [0.3, 0.4) is 0 Å². The van der Waals surface area contributed by atoms with Crippen LogP contribution in [-0.4, -0.2) is 0 Å². The first-order chi connectivity index (χ1) is 17.1. The van der Waals surface area contributed by atoms with Gasteiger partial charge in [0.05, 0.1) is 0 Å². The maximum Gasteiger partial charge on any atom is 0.0280 e. The van der Waals surface area contributed by atoms with Gasteiger partial charge >= 0.3 is 0 Å². The Morgan fingerprint density at radius 1 is 0.457 bits per heavy atom. The van der Waals surface area contributed by atoms with Crippen molar-refractivity contribution >= 4 is 25.3 Å². The van der Waals surface area contributed by atoms with E-state index < -0.39 is 0 Å². The Morgan fingerprint density at radius 3 is 1.11 bits per heavy atom. The number of aryl methyl sites for hydroxylation is 2. The molecule has 196 valence electrons. The zero-order valence-electron chi connectivity index (χ0n) is 22.7. The molecular formula is C33H52S2. The van der Waals surface area contributed by atoms with Crippen molar-refractivity contribution in [3.63, 3.8) is 0 Å². The molecular weight excluding hydrogens is 460 g/mol. The van der Waals surface area contributed by atoms with Crippen molar-refractivity contribution in [2.45, 2.75) is 134 Å². The summed E-state index contributed by atoms with van der Waals surface area (Å²) in [6, 6.07) is 18.3. The second-order valence-electron chi connectivity index (χ2n) is 10.5.